The molecule has 1 amide bonds. The van der Waals surface area contributed by atoms with E-state index in [0.717, 1.165) is 51.1 Å². The fourth-order valence-corrected chi connectivity index (χ4v) is 4.86. The maximum Gasteiger partial charge on any atom is 0.235 e. The minimum Gasteiger partial charge on any atom is -0.348 e. The molecule has 3 fully saturated rings. The van der Waals surface area contributed by atoms with E-state index in [1.165, 1.54) is 12.8 Å². The first kappa shape index (κ1) is 14.7. The molecular formula is C15H25NO3S. The van der Waals surface area contributed by atoms with Crippen molar-refractivity contribution >= 4 is 17.7 Å². The number of hydrogen-bond acceptors (Lipinski definition) is 4. The average molecular weight is 299 g/mol. The highest BCUT2D eigenvalue weighted by molar-refractivity contribution is 8.00. The summed E-state index contributed by atoms with van der Waals surface area (Å²) >= 11 is 1.84. The van der Waals surface area contributed by atoms with Crippen LogP contribution in [0.3, 0.4) is 0 Å². The molecule has 2 aliphatic heterocycles. The number of carbonyl (C=O) groups is 1. The predicted octanol–water partition coefficient (Wildman–Crippen LogP) is 2.42. The smallest absolute Gasteiger partial charge is 0.235 e. The summed E-state index contributed by atoms with van der Waals surface area (Å²) in [5.41, 5.74) is 0. The minimum absolute atomic E-state index is 0.198. The van der Waals surface area contributed by atoms with E-state index in [4.69, 9.17) is 9.47 Å². The van der Waals surface area contributed by atoms with E-state index in [-0.39, 0.29) is 11.0 Å². The molecule has 2 heterocycles. The third kappa shape index (κ3) is 3.00. The van der Waals surface area contributed by atoms with Crippen molar-refractivity contribution in [1.29, 1.82) is 0 Å². The van der Waals surface area contributed by atoms with Crippen LogP contribution in [0.15, 0.2) is 0 Å². The van der Waals surface area contributed by atoms with Crippen LogP contribution in [0.4, 0.5) is 0 Å². The Morgan fingerprint density at radius 2 is 1.85 bits per heavy atom. The first-order chi connectivity index (χ1) is 9.70. The van der Waals surface area contributed by atoms with E-state index in [1.807, 2.05) is 23.7 Å². The van der Waals surface area contributed by atoms with Gasteiger partial charge in [-0.3, -0.25) is 4.79 Å². The molecule has 5 heteroatoms. The van der Waals surface area contributed by atoms with Gasteiger partial charge >= 0.3 is 0 Å². The first-order valence-corrected chi connectivity index (χ1v) is 8.91. The van der Waals surface area contributed by atoms with Gasteiger partial charge in [0, 0.05) is 25.9 Å². The summed E-state index contributed by atoms with van der Waals surface area (Å²) in [6.45, 7) is 1.44. The summed E-state index contributed by atoms with van der Waals surface area (Å²) < 4.78 is 11.5. The molecule has 0 N–H and O–H groups in total. The van der Waals surface area contributed by atoms with Crippen molar-refractivity contribution < 1.29 is 14.3 Å². The van der Waals surface area contributed by atoms with E-state index < -0.39 is 0 Å². The Kier molecular flexibility index (Phi) is 4.58. The summed E-state index contributed by atoms with van der Waals surface area (Å²) in [4.78, 5) is 14.6. The monoisotopic (exact) mass is 299 g/mol. The maximum absolute atomic E-state index is 12.6. The second-order valence-corrected chi connectivity index (χ2v) is 7.45. The van der Waals surface area contributed by atoms with E-state index in [1.54, 1.807) is 0 Å². The summed E-state index contributed by atoms with van der Waals surface area (Å²) in [5.74, 6) is 1.16. The summed E-state index contributed by atoms with van der Waals surface area (Å²) in [7, 11) is 1.98. The fourth-order valence-electron chi connectivity index (χ4n) is 3.56. The second kappa shape index (κ2) is 6.24. The minimum atomic E-state index is -0.319. The Hall–Kier alpha value is -0.260. The standard InChI is InChI=1S/C15H25NO3S/c1-16(14(17)13-4-2-3-11-20-13)12-5-7-15(8-6-12)18-9-10-19-15/h12-13H,2-11H2,1H3. The van der Waals surface area contributed by atoms with E-state index in [0.29, 0.717) is 11.9 Å². The van der Waals surface area contributed by atoms with Crippen molar-refractivity contribution in [2.45, 2.75) is 62.0 Å². The van der Waals surface area contributed by atoms with Gasteiger partial charge in [0.1, 0.15) is 0 Å². The van der Waals surface area contributed by atoms with Crippen molar-refractivity contribution in [2.75, 3.05) is 26.0 Å². The Balaban J connectivity index is 1.52. The van der Waals surface area contributed by atoms with Crippen LogP contribution in [-0.4, -0.2) is 53.9 Å². The fraction of sp³-hybridized carbons (Fsp3) is 0.933. The van der Waals surface area contributed by atoms with Gasteiger partial charge in [-0.25, -0.2) is 0 Å². The Bertz CT molecular complexity index is 341. The molecule has 0 aromatic heterocycles. The van der Waals surface area contributed by atoms with Gasteiger partial charge < -0.3 is 14.4 Å². The van der Waals surface area contributed by atoms with Crippen LogP contribution in [0.25, 0.3) is 0 Å². The average Bonchev–Trinajstić information content (AvgIpc) is 2.96. The molecule has 0 aromatic rings. The molecule has 2 saturated heterocycles. The van der Waals surface area contributed by atoms with Crippen LogP contribution in [0.1, 0.15) is 44.9 Å². The lowest BCUT2D eigenvalue weighted by atomic mass is 9.89. The molecule has 114 valence electrons. The Morgan fingerprint density at radius 3 is 2.45 bits per heavy atom. The lowest BCUT2D eigenvalue weighted by Crippen LogP contribution is -2.47. The molecule has 0 bridgehead atoms. The number of rotatable bonds is 2. The summed E-state index contributed by atoms with van der Waals surface area (Å²) in [6, 6.07) is 0.364. The molecule has 3 rings (SSSR count). The van der Waals surface area contributed by atoms with Crippen molar-refractivity contribution in [3.63, 3.8) is 0 Å². The Labute approximate surface area is 125 Å². The number of hydrogen-bond donors (Lipinski definition) is 0. The molecular weight excluding hydrogens is 274 g/mol. The number of nitrogens with zero attached hydrogens (tertiary/aromatic N) is 1. The molecule has 1 unspecified atom stereocenters. The molecule has 20 heavy (non-hydrogen) atoms. The van der Waals surface area contributed by atoms with E-state index in [9.17, 15) is 4.79 Å². The lowest BCUT2D eigenvalue weighted by molar-refractivity contribution is -0.184. The molecule has 3 aliphatic rings. The molecule has 0 radical (unpaired) electrons. The van der Waals surface area contributed by atoms with Gasteiger partial charge in [-0.05, 0) is 31.4 Å². The number of carbonyl (C=O) groups excluding carboxylic acids is 1. The van der Waals surface area contributed by atoms with Crippen molar-refractivity contribution in [3.8, 4) is 0 Å². The molecule has 1 saturated carbocycles. The number of amides is 1. The molecule has 0 aromatic carbocycles. The molecule has 1 spiro atoms. The highest BCUT2D eigenvalue weighted by atomic mass is 32.2. The van der Waals surface area contributed by atoms with Crippen LogP contribution in [-0.2, 0) is 14.3 Å². The highest BCUT2D eigenvalue weighted by Gasteiger charge is 2.42. The van der Waals surface area contributed by atoms with E-state index >= 15 is 0 Å². The third-order valence-electron chi connectivity index (χ3n) is 4.88. The molecule has 4 nitrogen and oxygen atoms in total. The zero-order valence-electron chi connectivity index (χ0n) is 12.3. The maximum atomic E-state index is 12.6. The zero-order chi connectivity index (χ0) is 14.0. The van der Waals surface area contributed by atoms with Crippen molar-refractivity contribution in [1.82, 2.24) is 4.90 Å². The predicted molar refractivity (Wildman–Crippen MR) is 79.8 cm³/mol. The third-order valence-corrected chi connectivity index (χ3v) is 6.25. The lowest BCUT2D eigenvalue weighted by Gasteiger charge is -2.40. The van der Waals surface area contributed by atoms with Gasteiger partial charge in [-0.15, -0.1) is 11.8 Å². The largest absolute Gasteiger partial charge is 0.348 e. The number of thioether (sulfide) groups is 1. The highest BCUT2D eigenvalue weighted by Crippen LogP contribution is 2.37. The van der Waals surface area contributed by atoms with Crippen LogP contribution in [0.5, 0.6) is 0 Å². The number of ether oxygens (including phenoxy) is 2. The van der Waals surface area contributed by atoms with Crippen LogP contribution in [0, 0.1) is 0 Å². The quantitative estimate of drug-likeness (QED) is 0.785. The first-order valence-electron chi connectivity index (χ1n) is 7.86. The topological polar surface area (TPSA) is 38.8 Å². The van der Waals surface area contributed by atoms with Gasteiger partial charge in [-0.2, -0.15) is 0 Å². The zero-order valence-corrected chi connectivity index (χ0v) is 13.1. The normalized spacial score (nSPS) is 30.6. The van der Waals surface area contributed by atoms with Crippen molar-refractivity contribution in [3.05, 3.63) is 0 Å². The molecule has 1 aliphatic carbocycles. The van der Waals surface area contributed by atoms with Crippen LogP contribution < -0.4 is 0 Å². The van der Waals surface area contributed by atoms with Crippen LogP contribution in [0.2, 0.25) is 0 Å². The molecule has 1 atom stereocenters. The van der Waals surface area contributed by atoms with Gasteiger partial charge in [0.15, 0.2) is 5.79 Å². The van der Waals surface area contributed by atoms with Crippen molar-refractivity contribution in [2.24, 2.45) is 0 Å². The van der Waals surface area contributed by atoms with E-state index in [2.05, 4.69) is 0 Å². The van der Waals surface area contributed by atoms with Gasteiger partial charge in [0.05, 0.1) is 18.5 Å². The summed E-state index contributed by atoms with van der Waals surface area (Å²) in [5, 5.41) is 0.198. The van der Waals surface area contributed by atoms with Gasteiger partial charge in [0.2, 0.25) is 5.91 Å². The summed E-state index contributed by atoms with van der Waals surface area (Å²) in [6.07, 6.45) is 7.36. The Morgan fingerprint density at radius 1 is 1.15 bits per heavy atom. The SMILES string of the molecule is CN(C(=O)C1CCCCS1)C1CCC2(CC1)OCCO2. The van der Waals surface area contributed by atoms with Gasteiger partial charge in [-0.1, -0.05) is 6.42 Å². The van der Waals surface area contributed by atoms with Gasteiger partial charge in [0.25, 0.3) is 0 Å². The second-order valence-electron chi connectivity index (χ2n) is 6.14. The van der Waals surface area contributed by atoms with Crippen LogP contribution >= 0.6 is 11.8 Å².